The Morgan fingerprint density at radius 2 is 1.00 bits per heavy atom. The fourth-order valence-electron chi connectivity index (χ4n) is 2.44. The van der Waals surface area contributed by atoms with Gasteiger partial charge in [-0.15, -0.1) is 0 Å². The lowest BCUT2D eigenvalue weighted by molar-refractivity contribution is -0.120. The van der Waals surface area contributed by atoms with Crippen LogP contribution in [0.2, 0.25) is 0 Å². The van der Waals surface area contributed by atoms with Crippen LogP contribution < -0.4 is 4.90 Å². The molecule has 0 radical (unpaired) electrons. The van der Waals surface area contributed by atoms with E-state index in [4.69, 9.17) is 0 Å². The van der Waals surface area contributed by atoms with Crippen LogP contribution in [0.5, 0.6) is 0 Å². The number of carbonyl (C=O) groups is 2. The molecule has 0 unspecified atom stereocenters. The topological polar surface area (TPSA) is 37.4 Å². The molecule has 94 valence electrons. The Bertz CT molecular complexity index is 550. The Balaban J connectivity index is 2.73. The van der Waals surface area contributed by atoms with Crippen LogP contribution in [-0.2, 0) is 9.59 Å². The van der Waals surface area contributed by atoms with Gasteiger partial charge in [0.05, 0.1) is 5.69 Å². The Morgan fingerprint density at radius 1 is 0.667 bits per heavy atom. The van der Waals surface area contributed by atoms with E-state index < -0.39 is 0 Å². The smallest absolute Gasteiger partial charge is 0.258 e. The van der Waals surface area contributed by atoms with Crippen LogP contribution >= 0.6 is 0 Å². The summed E-state index contributed by atoms with van der Waals surface area (Å²) in [5.74, 6) is -0.511. The standard InChI is InChI=1S/C15H17NO2/c1-8-9(2)11(4)15(12(5)10(8)3)16-13(17)6-7-14(16)18/h6-7H,1-5H3. The predicted molar refractivity (Wildman–Crippen MR) is 71.8 cm³/mol. The van der Waals surface area contributed by atoms with Crippen molar-refractivity contribution < 1.29 is 9.59 Å². The lowest BCUT2D eigenvalue weighted by Gasteiger charge is -2.24. The predicted octanol–water partition coefficient (Wildman–Crippen LogP) is 2.66. The molecule has 0 spiro atoms. The van der Waals surface area contributed by atoms with Gasteiger partial charge in [-0.05, 0) is 62.4 Å². The first-order valence-electron chi connectivity index (χ1n) is 5.99. The molecule has 0 fully saturated rings. The van der Waals surface area contributed by atoms with Crippen molar-refractivity contribution in [1.82, 2.24) is 0 Å². The highest BCUT2D eigenvalue weighted by atomic mass is 16.2. The molecule has 2 amide bonds. The van der Waals surface area contributed by atoms with Gasteiger partial charge in [-0.1, -0.05) is 0 Å². The van der Waals surface area contributed by atoms with Crippen molar-refractivity contribution in [3.63, 3.8) is 0 Å². The fraction of sp³-hybridized carbons (Fsp3) is 0.333. The molecular weight excluding hydrogens is 226 g/mol. The monoisotopic (exact) mass is 243 g/mol. The largest absolute Gasteiger partial charge is 0.269 e. The summed E-state index contributed by atoms with van der Waals surface area (Å²) in [6.45, 7) is 10.0. The van der Waals surface area contributed by atoms with Gasteiger partial charge in [-0.3, -0.25) is 9.59 Å². The number of amides is 2. The summed E-state index contributed by atoms with van der Waals surface area (Å²) in [6.07, 6.45) is 2.65. The number of imide groups is 1. The van der Waals surface area contributed by atoms with Crippen LogP contribution in [0.3, 0.4) is 0 Å². The second kappa shape index (κ2) is 4.09. The van der Waals surface area contributed by atoms with Crippen molar-refractivity contribution in [2.45, 2.75) is 34.6 Å². The molecule has 0 bridgehead atoms. The first-order valence-corrected chi connectivity index (χ1v) is 5.99. The van der Waals surface area contributed by atoms with Gasteiger partial charge in [-0.2, -0.15) is 0 Å². The van der Waals surface area contributed by atoms with E-state index >= 15 is 0 Å². The second-order valence-corrected chi connectivity index (χ2v) is 4.82. The quantitative estimate of drug-likeness (QED) is 0.711. The van der Waals surface area contributed by atoms with Crippen LogP contribution in [-0.4, -0.2) is 11.8 Å². The lowest BCUT2D eigenvalue weighted by atomic mass is 9.92. The zero-order valence-electron chi connectivity index (χ0n) is 11.4. The highest BCUT2D eigenvalue weighted by molar-refractivity contribution is 6.28. The third kappa shape index (κ3) is 1.58. The molecule has 3 heteroatoms. The molecule has 1 aromatic rings. The summed E-state index contributed by atoms with van der Waals surface area (Å²) in [6, 6.07) is 0. The van der Waals surface area contributed by atoms with Crippen LogP contribution in [0.1, 0.15) is 27.8 Å². The average molecular weight is 243 g/mol. The average Bonchev–Trinajstić information content (AvgIpc) is 2.66. The van der Waals surface area contributed by atoms with E-state index in [1.165, 1.54) is 22.6 Å². The Hall–Kier alpha value is -1.90. The van der Waals surface area contributed by atoms with Crippen LogP contribution in [0, 0.1) is 34.6 Å². The molecule has 0 aliphatic carbocycles. The van der Waals surface area contributed by atoms with E-state index in [1.54, 1.807) is 0 Å². The van der Waals surface area contributed by atoms with E-state index in [2.05, 4.69) is 6.92 Å². The molecule has 1 aliphatic rings. The normalized spacial score (nSPS) is 14.8. The molecule has 1 heterocycles. The second-order valence-electron chi connectivity index (χ2n) is 4.82. The number of benzene rings is 1. The van der Waals surface area contributed by atoms with E-state index in [1.807, 2.05) is 27.7 Å². The maximum Gasteiger partial charge on any atom is 0.258 e. The van der Waals surface area contributed by atoms with Crippen LogP contribution in [0.25, 0.3) is 0 Å². The molecule has 0 saturated heterocycles. The maximum atomic E-state index is 11.8. The number of nitrogens with zero attached hydrogens (tertiary/aromatic N) is 1. The van der Waals surface area contributed by atoms with Crippen molar-refractivity contribution in [3.05, 3.63) is 40.0 Å². The van der Waals surface area contributed by atoms with E-state index in [0.29, 0.717) is 0 Å². The van der Waals surface area contributed by atoms with E-state index in [-0.39, 0.29) is 11.8 Å². The van der Waals surface area contributed by atoms with Gasteiger partial charge in [-0.25, -0.2) is 4.90 Å². The van der Waals surface area contributed by atoms with Gasteiger partial charge < -0.3 is 0 Å². The summed E-state index contributed by atoms with van der Waals surface area (Å²) < 4.78 is 0. The summed E-state index contributed by atoms with van der Waals surface area (Å²) in [4.78, 5) is 24.9. The number of anilines is 1. The number of carbonyl (C=O) groups excluding carboxylic acids is 2. The van der Waals surface area contributed by atoms with Gasteiger partial charge >= 0.3 is 0 Å². The first kappa shape index (κ1) is 12.6. The molecular formula is C15H17NO2. The summed E-state index contributed by atoms with van der Waals surface area (Å²) in [5, 5.41) is 0. The lowest BCUT2D eigenvalue weighted by Crippen LogP contribution is -2.31. The first-order chi connectivity index (χ1) is 8.36. The third-order valence-corrected chi connectivity index (χ3v) is 3.99. The maximum absolute atomic E-state index is 11.8. The molecule has 0 aromatic heterocycles. The number of rotatable bonds is 1. The molecule has 18 heavy (non-hydrogen) atoms. The summed E-state index contributed by atoms with van der Waals surface area (Å²) in [7, 11) is 0. The number of hydrogen-bond donors (Lipinski definition) is 0. The molecule has 2 rings (SSSR count). The number of hydrogen-bond acceptors (Lipinski definition) is 2. The fourth-order valence-corrected chi connectivity index (χ4v) is 2.44. The van der Waals surface area contributed by atoms with Crippen molar-refractivity contribution in [3.8, 4) is 0 Å². The third-order valence-electron chi connectivity index (χ3n) is 3.99. The van der Waals surface area contributed by atoms with Gasteiger partial charge in [0, 0.05) is 12.2 Å². The Morgan fingerprint density at radius 3 is 1.39 bits per heavy atom. The highest BCUT2D eigenvalue weighted by Gasteiger charge is 2.29. The molecule has 0 saturated carbocycles. The van der Waals surface area contributed by atoms with E-state index in [9.17, 15) is 9.59 Å². The van der Waals surface area contributed by atoms with Gasteiger partial charge in [0.1, 0.15) is 0 Å². The van der Waals surface area contributed by atoms with Crippen molar-refractivity contribution >= 4 is 17.5 Å². The zero-order chi connectivity index (χ0) is 13.6. The SMILES string of the molecule is Cc1c(C)c(C)c(N2C(=O)C=CC2=O)c(C)c1C. The van der Waals surface area contributed by atoms with Crippen LogP contribution in [0.4, 0.5) is 5.69 Å². The molecule has 1 aromatic carbocycles. The minimum atomic E-state index is -0.256. The Kier molecular flexibility index (Phi) is 2.85. The Labute approximate surface area is 107 Å². The summed E-state index contributed by atoms with van der Waals surface area (Å²) >= 11 is 0. The van der Waals surface area contributed by atoms with Crippen molar-refractivity contribution in [2.24, 2.45) is 0 Å². The minimum Gasteiger partial charge on any atom is -0.269 e. The minimum absolute atomic E-state index is 0.256. The highest BCUT2D eigenvalue weighted by Crippen LogP contribution is 2.34. The van der Waals surface area contributed by atoms with Gasteiger partial charge in [0.15, 0.2) is 0 Å². The van der Waals surface area contributed by atoms with E-state index in [0.717, 1.165) is 27.9 Å². The van der Waals surface area contributed by atoms with Crippen molar-refractivity contribution in [1.29, 1.82) is 0 Å². The van der Waals surface area contributed by atoms with Gasteiger partial charge in [0.25, 0.3) is 11.8 Å². The molecule has 3 nitrogen and oxygen atoms in total. The zero-order valence-corrected chi connectivity index (χ0v) is 11.4. The van der Waals surface area contributed by atoms with Crippen LogP contribution in [0.15, 0.2) is 12.2 Å². The molecule has 0 N–H and O–H groups in total. The van der Waals surface area contributed by atoms with Crippen molar-refractivity contribution in [2.75, 3.05) is 4.90 Å². The summed E-state index contributed by atoms with van der Waals surface area (Å²) in [5.41, 5.74) is 6.25. The molecule has 1 aliphatic heterocycles. The molecule has 0 atom stereocenters. The van der Waals surface area contributed by atoms with Gasteiger partial charge in [0.2, 0.25) is 0 Å².